The van der Waals surface area contributed by atoms with Crippen molar-refractivity contribution in [2.24, 2.45) is 5.73 Å². The van der Waals surface area contributed by atoms with Crippen molar-refractivity contribution in [1.29, 1.82) is 0 Å². The lowest BCUT2D eigenvalue weighted by Gasteiger charge is -2.11. The van der Waals surface area contributed by atoms with Crippen molar-refractivity contribution < 1.29 is 19.1 Å². The summed E-state index contributed by atoms with van der Waals surface area (Å²) in [6, 6.07) is -0.869. The number of hydrogen-bond acceptors (Lipinski definition) is 5. The molecule has 0 spiro atoms. The number of esters is 1. The summed E-state index contributed by atoms with van der Waals surface area (Å²) in [6.07, 6.45) is 0.133. The van der Waals surface area contributed by atoms with E-state index in [1.165, 1.54) is 0 Å². The monoisotopic (exact) mass is 323 g/mol. The fraction of sp³-hybridized carbons (Fsp3) is 0.700. The predicted octanol–water partition coefficient (Wildman–Crippen LogP) is -1.11. The van der Waals surface area contributed by atoms with Crippen LogP contribution in [0, 0.1) is 0 Å². The number of rotatable bonds is 8. The smallest absolute Gasteiger partial charge is 0.324 e. The maximum absolute atomic E-state index is 11.3. The van der Waals surface area contributed by atoms with Crippen LogP contribution in [0.2, 0.25) is 0 Å². The molecular weight excluding hydrogens is 306 g/mol. The van der Waals surface area contributed by atoms with Crippen molar-refractivity contribution in [3.63, 3.8) is 0 Å². The molecule has 0 radical (unpaired) electrons. The minimum Gasteiger partial charge on any atom is -0.465 e. The second-order valence-corrected chi connectivity index (χ2v) is 3.96. The highest BCUT2D eigenvalue weighted by molar-refractivity contribution is 9.09. The lowest BCUT2D eigenvalue weighted by molar-refractivity contribution is -0.144. The van der Waals surface area contributed by atoms with Crippen LogP contribution in [0.25, 0.3) is 0 Å². The molecule has 0 rings (SSSR count). The van der Waals surface area contributed by atoms with Crippen LogP contribution >= 0.6 is 15.9 Å². The van der Waals surface area contributed by atoms with Gasteiger partial charge in [0, 0.05) is 19.5 Å². The Morgan fingerprint density at radius 3 is 2.50 bits per heavy atom. The Labute approximate surface area is 114 Å². The molecular formula is C10H18BrN3O4. The van der Waals surface area contributed by atoms with E-state index in [2.05, 4.69) is 31.3 Å². The summed E-state index contributed by atoms with van der Waals surface area (Å²) in [5, 5.41) is 5.21. The molecule has 0 aromatic heterocycles. The summed E-state index contributed by atoms with van der Waals surface area (Å²) >= 11 is 2.98. The lowest BCUT2D eigenvalue weighted by atomic mass is 10.3. The zero-order chi connectivity index (χ0) is 14.0. The summed E-state index contributed by atoms with van der Waals surface area (Å²) in [4.78, 5) is 33.3. The van der Waals surface area contributed by atoms with Crippen molar-refractivity contribution >= 4 is 33.7 Å². The fourth-order valence-corrected chi connectivity index (χ4v) is 1.21. The van der Waals surface area contributed by atoms with Crippen LogP contribution in [0.5, 0.6) is 0 Å². The van der Waals surface area contributed by atoms with Gasteiger partial charge in [-0.05, 0) is 6.92 Å². The maximum atomic E-state index is 11.3. The van der Waals surface area contributed by atoms with Gasteiger partial charge in [-0.2, -0.15) is 0 Å². The molecule has 7 nitrogen and oxygen atoms in total. The van der Waals surface area contributed by atoms with Crippen molar-refractivity contribution in [2.75, 3.05) is 25.0 Å². The third-order valence-electron chi connectivity index (χ3n) is 1.90. The largest absolute Gasteiger partial charge is 0.465 e. The van der Waals surface area contributed by atoms with Gasteiger partial charge in [-0.15, -0.1) is 0 Å². The van der Waals surface area contributed by atoms with Gasteiger partial charge in [-0.3, -0.25) is 14.4 Å². The van der Waals surface area contributed by atoms with E-state index in [1.54, 1.807) is 6.92 Å². The Kier molecular flexibility index (Phi) is 9.21. The van der Waals surface area contributed by atoms with Gasteiger partial charge in [0.2, 0.25) is 11.8 Å². The van der Waals surface area contributed by atoms with Gasteiger partial charge in [0.05, 0.1) is 11.9 Å². The average Bonchev–Trinajstić information content (AvgIpc) is 2.35. The normalized spacial score (nSPS) is 11.5. The van der Waals surface area contributed by atoms with Gasteiger partial charge >= 0.3 is 5.97 Å². The summed E-state index contributed by atoms with van der Waals surface area (Å²) in [5.41, 5.74) is 5.48. The van der Waals surface area contributed by atoms with Crippen molar-refractivity contribution in [3.05, 3.63) is 0 Å². The molecule has 0 bridgehead atoms. The predicted molar refractivity (Wildman–Crippen MR) is 69.0 cm³/mol. The number of amides is 2. The maximum Gasteiger partial charge on any atom is 0.324 e. The first-order valence-corrected chi connectivity index (χ1v) is 6.65. The van der Waals surface area contributed by atoms with Crippen LogP contribution in [-0.2, 0) is 19.1 Å². The highest BCUT2D eigenvalue weighted by Gasteiger charge is 2.15. The van der Waals surface area contributed by atoms with Crippen LogP contribution in [-0.4, -0.2) is 48.9 Å². The van der Waals surface area contributed by atoms with Crippen LogP contribution in [0.4, 0.5) is 0 Å². The molecule has 1 atom stereocenters. The quantitative estimate of drug-likeness (QED) is 0.387. The van der Waals surface area contributed by atoms with Crippen LogP contribution < -0.4 is 16.4 Å². The highest BCUT2D eigenvalue weighted by Crippen LogP contribution is 1.86. The first-order chi connectivity index (χ1) is 8.51. The Morgan fingerprint density at radius 1 is 1.28 bits per heavy atom. The molecule has 104 valence electrons. The van der Waals surface area contributed by atoms with E-state index in [4.69, 9.17) is 5.73 Å². The molecule has 0 unspecified atom stereocenters. The number of nitrogens with two attached hydrogens (primary N) is 1. The van der Waals surface area contributed by atoms with Crippen LogP contribution in [0.3, 0.4) is 0 Å². The van der Waals surface area contributed by atoms with Gasteiger partial charge in [-0.1, -0.05) is 15.9 Å². The summed E-state index contributed by atoms with van der Waals surface area (Å²) in [7, 11) is 0. The van der Waals surface area contributed by atoms with Gasteiger partial charge in [0.1, 0.15) is 6.04 Å². The fourth-order valence-electron chi connectivity index (χ4n) is 1.01. The molecule has 0 aliphatic carbocycles. The Morgan fingerprint density at radius 2 is 1.94 bits per heavy atom. The minimum atomic E-state index is -0.869. The Hall–Kier alpha value is -1.15. The molecule has 0 aliphatic heterocycles. The number of nitrogens with one attached hydrogen (secondary N) is 2. The van der Waals surface area contributed by atoms with Gasteiger partial charge in [-0.25, -0.2) is 0 Å². The summed E-state index contributed by atoms with van der Waals surface area (Å²) in [6.45, 7) is 2.18. The molecule has 18 heavy (non-hydrogen) atoms. The zero-order valence-electron chi connectivity index (χ0n) is 10.2. The highest BCUT2D eigenvalue weighted by atomic mass is 79.9. The van der Waals surface area contributed by atoms with Crippen LogP contribution in [0.1, 0.15) is 13.3 Å². The second kappa shape index (κ2) is 9.84. The number of carbonyl (C=O) groups is 3. The topological polar surface area (TPSA) is 111 Å². The van der Waals surface area contributed by atoms with E-state index in [9.17, 15) is 14.4 Å². The summed E-state index contributed by atoms with van der Waals surface area (Å²) in [5.74, 6) is -1.03. The van der Waals surface area contributed by atoms with Gasteiger partial charge < -0.3 is 21.1 Å². The molecule has 0 aromatic rings. The van der Waals surface area contributed by atoms with Crippen LogP contribution in [0.15, 0.2) is 0 Å². The number of ether oxygens (including phenoxy) is 1. The molecule has 0 fully saturated rings. The van der Waals surface area contributed by atoms with Gasteiger partial charge in [0.15, 0.2) is 0 Å². The van der Waals surface area contributed by atoms with E-state index in [1.807, 2.05) is 0 Å². The molecule has 8 heteroatoms. The Bertz CT molecular complexity index is 299. The molecule has 0 saturated heterocycles. The van der Waals surface area contributed by atoms with Crippen molar-refractivity contribution in [2.45, 2.75) is 19.4 Å². The third kappa shape index (κ3) is 8.02. The number of hydrogen-bond donors (Lipinski definition) is 3. The van der Waals surface area contributed by atoms with E-state index in [-0.39, 0.29) is 43.3 Å². The minimum absolute atomic E-state index is 0.0179. The standard InChI is InChI=1S/C10H18BrN3O4/c1-2-18-10(17)7(12)6-14-8(15)3-4-13-9(16)5-11/h7H,2-6,12H2,1H3,(H,13,16)(H,14,15)/t7-/m1/s1. The lowest BCUT2D eigenvalue weighted by Crippen LogP contribution is -2.44. The first kappa shape index (κ1) is 16.9. The third-order valence-corrected chi connectivity index (χ3v) is 2.41. The average molecular weight is 324 g/mol. The number of carbonyl (C=O) groups excluding carboxylic acids is 3. The van der Waals surface area contributed by atoms with E-state index in [0.717, 1.165) is 0 Å². The number of alkyl halides is 1. The molecule has 0 aliphatic rings. The van der Waals surface area contributed by atoms with Gasteiger partial charge in [0.25, 0.3) is 0 Å². The molecule has 0 saturated carbocycles. The molecule has 2 amide bonds. The molecule has 4 N–H and O–H groups in total. The second-order valence-electron chi connectivity index (χ2n) is 3.40. The zero-order valence-corrected chi connectivity index (χ0v) is 11.8. The van der Waals surface area contributed by atoms with E-state index >= 15 is 0 Å². The molecule has 0 heterocycles. The molecule has 0 aromatic carbocycles. The van der Waals surface area contributed by atoms with E-state index in [0.29, 0.717) is 0 Å². The van der Waals surface area contributed by atoms with Crippen molar-refractivity contribution in [3.8, 4) is 0 Å². The van der Waals surface area contributed by atoms with Crippen molar-refractivity contribution in [1.82, 2.24) is 10.6 Å². The SMILES string of the molecule is CCOC(=O)[C@H](N)CNC(=O)CCNC(=O)CBr. The Balaban J connectivity index is 3.70. The number of halogens is 1. The first-order valence-electron chi connectivity index (χ1n) is 5.52. The summed E-state index contributed by atoms with van der Waals surface area (Å²) < 4.78 is 4.69. The van der Waals surface area contributed by atoms with E-state index < -0.39 is 12.0 Å².